The first-order valence-corrected chi connectivity index (χ1v) is 7.63. The summed E-state index contributed by atoms with van der Waals surface area (Å²) in [6.07, 6.45) is 7.45. The number of methoxy groups -OCH3 is 1. The van der Waals surface area contributed by atoms with Crippen LogP contribution in [0.25, 0.3) is 0 Å². The van der Waals surface area contributed by atoms with Gasteiger partial charge in [-0.3, -0.25) is 0 Å². The molecule has 2 heteroatoms. The fraction of sp³-hybridized carbons (Fsp3) is 0.647. The Kier molecular flexibility index (Phi) is 3.90. The maximum absolute atomic E-state index is 5.60. The fourth-order valence-electron chi connectivity index (χ4n) is 3.19. The first-order valence-electron chi connectivity index (χ1n) is 7.63. The first-order chi connectivity index (χ1) is 9.30. The second-order valence-electron chi connectivity index (χ2n) is 6.30. The summed E-state index contributed by atoms with van der Waals surface area (Å²) in [6, 6.07) is 9.22. The highest BCUT2D eigenvalue weighted by atomic mass is 16.5. The first kappa shape index (κ1) is 13.1. The second kappa shape index (κ2) is 5.64. The summed E-state index contributed by atoms with van der Waals surface area (Å²) < 4.78 is 5.60. The summed E-state index contributed by atoms with van der Waals surface area (Å²) in [5, 5.41) is 3.50. The topological polar surface area (TPSA) is 21.3 Å². The van der Waals surface area contributed by atoms with Crippen LogP contribution in [0.15, 0.2) is 24.3 Å². The van der Waals surface area contributed by atoms with Gasteiger partial charge in [-0.05, 0) is 62.2 Å². The number of hydrogen-bond donors (Lipinski definition) is 1. The minimum atomic E-state index is 0.175. The van der Waals surface area contributed by atoms with Crippen molar-refractivity contribution in [3.05, 3.63) is 35.4 Å². The van der Waals surface area contributed by atoms with Crippen LogP contribution in [0.3, 0.4) is 0 Å². The minimum absolute atomic E-state index is 0.175. The molecule has 1 atom stereocenters. The van der Waals surface area contributed by atoms with Crippen LogP contribution >= 0.6 is 0 Å². The Hall–Kier alpha value is -0.860. The van der Waals surface area contributed by atoms with Crippen molar-refractivity contribution in [2.75, 3.05) is 20.2 Å². The van der Waals surface area contributed by atoms with Gasteiger partial charge in [0, 0.05) is 13.5 Å². The lowest BCUT2D eigenvalue weighted by molar-refractivity contribution is 0.0807. The number of benzene rings is 1. The van der Waals surface area contributed by atoms with Crippen LogP contribution in [-0.4, -0.2) is 25.8 Å². The van der Waals surface area contributed by atoms with Gasteiger partial charge in [0.05, 0.1) is 5.60 Å². The van der Waals surface area contributed by atoms with Gasteiger partial charge in [-0.25, -0.2) is 0 Å². The lowest BCUT2D eigenvalue weighted by Crippen LogP contribution is -2.30. The van der Waals surface area contributed by atoms with Gasteiger partial charge in [-0.15, -0.1) is 0 Å². The number of hydrogen-bond acceptors (Lipinski definition) is 2. The average molecular weight is 259 g/mol. The van der Waals surface area contributed by atoms with Gasteiger partial charge in [0.25, 0.3) is 0 Å². The molecule has 1 aliphatic carbocycles. The molecule has 0 radical (unpaired) electrons. The van der Waals surface area contributed by atoms with Crippen molar-refractivity contribution < 1.29 is 4.74 Å². The smallest absolute Gasteiger partial charge is 0.0721 e. The molecule has 2 fully saturated rings. The van der Waals surface area contributed by atoms with E-state index >= 15 is 0 Å². The van der Waals surface area contributed by atoms with Gasteiger partial charge < -0.3 is 10.1 Å². The van der Waals surface area contributed by atoms with Crippen LogP contribution in [0, 0.1) is 5.92 Å². The number of nitrogens with one attached hydrogen (secondary N) is 1. The maximum atomic E-state index is 5.60. The van der Waals surface area contributed by atoms with Crippen molar-refractivity contribution in [3.8, 4) is 0 Å². The Bertz CT molecular complexity index is 402. The van der Waals surface area contributed by atoms with Gasteiger partial charge in [-0.2, -0.15) is 0 Å². The monoisotopic (exact) mass is 259 g/mol. The predicted molar refractivity (Wildman–Crippen MR) is 78.4 cm³/mol. The van der Waals surface area contributed by atoms with E-state index in [0.717, 1.165) is 12.3 Å². The Morgan fingerprint density at radius 2 is 1.95 bits per heavy atom. The zero-order valence-corrected chi connectivity index (χ0v) is 12.0. The van der Waals surface area contributed by atoms with Gasteiger partial charge in [0.15, 0.2) is 0 Å². The van der Waals surface area contributed by atoms with E-state index in [-0.39, 0.29) is 5.60 Å². The summed E-state index contributed by atoms with van der Waals surface area (Å²) in [6.45, 7) is 2.39. The van der Waals surface area contributed by atoms with Crippen LogP contribution in [0.4, 0.5) is 0 Å². The number of ether oxygens (including phenoxy) is 1. The van der Waals surface area contributed by atoms with Crippen molar-refractivity contribution in [2.45, 2.75) is 44.1 Å². The quantitative estimate of drug-likeness (QED) is 0.878. The summed E-state index contributed by atoms with van der Waals surface area (Å²) in [4.78, 5) is 0. The summed E-state index contributed by atoms with van der Waals surface area (Å²) in [5.74, 6) is 0.827. The maximum Gasteiger partial charge on any atom is 0.0721 e. The van der Waals surface area contributed by atoms with Crippen molar-refractivity contribution in [2.24, 2.45) is 5.92 Å². The summed E-state index contributed by atoms with van der Waals surface area (Å²) in [7, 11) is 1.84. The summed E-state index contributed by atoms with van der Waals surface area (Å²) in [5.41, 5.74) is 3.08. The molecule has 0 spiro atoms. The SMILES string of the molecule is COC1(Cc2ccc(CC3CCCNC3)cc2)CC1. The number of piperidine rings is 1. The molecule has 1 aliphatic heterocycles. The standard InChI is InChI=1S/C17H25NO/c1-19-17(8-9-17)12-15-6-4-14(5-7-15)11-16-3-2-10-18-13-16/h4-7,16,18H,2-3,8-13H2,1H3. The Balaban J connectivity index is 1.56. The number of rotatable bonds is 5. The van der Waals surface area contributed by atoms with Gasteiger partial charge in [0.1, 0.15) is 0 Å². The van der Waals surface area contributed by atoms with E-state index in [9.17, 15) is 0 Å². The Labute approximate surface area is 116 Å². The van der Waals surface area contributed by atoms with Crippen LogP contribution in [0.5, 0.6) is 0 Å². The zero-order valence-electron chi connectivity index (χ0n) is 12.0. The van der Waals surface area contributed by atoms with E-state index in [4.69, 9.17) is 4.74 Å². The molecule has 2 aliphatic rings. The van der Waals surface area contributed by atoms with Crippen LogP contribution < -0.4 is 5.32 Å². The van der Waals surface area contributed by atoms with E-state index in [2.05, 4.69) is 29.6 Å². The zero-order chi connectivity index (χ0) is 13.1. The highest BCUT2D eigenvalue weighted by molar-refractivity contribution is 5.25. The lowest BCUT2D eigenvalue weighted by Gasteiger charge is -2.22. The molecule has 104 valence electrons. The third-order valence-corrected chi connectivity index (χ3v) is 4.71. The molecule has 0 bridgehead atoms. The molecule has 2 nitrogen and oxygen atoms in total. The molecule has 0 aromatic heterocycles. The molecular weight excluding hydrogens is 234 g/mol. The molecule has 1 aromatic carbocycles. The lowest BCUT2D eigenvalue weighted by atomic mass is 9.91. The Morgan fingerprint density at radius 1 is 1.21 bits per heavy atom. The normalized spacial score (nSPS) is 25.2. The largest absolute Gasteiger partial charge is 0.378 e. The molecule has 1 heterocycles. The molecule has 0 amide bonds. The van der Waals surface area contributed by atoms with Crippen molar-refractivity contribution in [1.82, 2.24) is 5.32 Å². The van der Waals surface area contributed by atoms with Crippen molar-refractivity contribution >= 4 is 0 Å². The van der Waals surface area contributed by atoms with Crippen molar-refractivity contribution in [3.63, 3.8) is 0 Å². The highest BCUT2D eigenvalue weighted by Crippen LogP contribution is 2.41. The van der Waals surface area contributed by atoms with Crippen LogP contribution in [0.1, 0.15) is 36.8 Å². The molecule has 1 saturated heterocycles. The van der Waals surface area contributed by atoms with Gasteiger partial charge >= 0.3 is 0 Å². The molecule has 1 unspecified atom stereocenters. The Morgan fingerprint density at radius 3 is 2.53 bits per heavy atom. The fourth-order valence-corrected chi connectivity index (χ4v) is 3.19. The van der Waals surface area contributed by atoms with E-state index in [1.807, 2.05) is 7.11 Å². The highest BCUT2D eigenvalue weighted by Gasteiger charge is 2.42. The van der Waals surface area contributed by atoms with Gasteiger partial charge in [-0.1, -0.05) is 24.3 Å². The molecule has 3 rings (SSSR count). The molecule has 1 aromatic rings. The second-order valence-corrected chi connectivity index (χ2v) is 6.30. The van der Waals surface area contributed by atoms with E-state index in [0.29, 0.717) is 0 Å². The van der Waals surface area contributed by atoms with E-state index in [1.165, 1.54) is 56.3 Å². The third-order valence-electron chi connectivity index (χ3n) is 4.71. The van der Waals surface area contributed by atoms with Crippen LogP contribution in [-0.2, 0) is 17.6 Å². The third kappa shape index (κ3) is 3.37. The molecular formula is C17H25NO. The van der Waals surface area contributed by atoms with Gasteiger partial charge in [0.2, 0.25) is 0 Å². The predicted octanol–water partition coefficient (Wildman–Crippen LogP) is 2.95. The minimum Gasteiger partial charge on any atom is -0.378 e. The summed E-state index contributed by atoms with van der Waals surface area (Å²) >= 11 is 0. The average Bonchev–Trinajstić information content (AvgIpc) is 3.23. The van der Waals surface area contributed by atoms with E-state index < -0.39 is 0 Å². The van der Waals surface area contributed by atoms with E-state index in [1.54, 1.807) is 0 Å². The molecule has 1 saturated carbocycles. The molecule has 1 N–H and O–H groups in total. The molecule has 19 heavy (non-hydrogen) atoms. The van der Waals surface area contributed by atoms with Crippen LogP contribution in [0.2, 0.25) is 0 Å². The van der Waals surface area contributed by atoms with Crippen molar-refractivity contribution in [1.29, 1.82) is 0 Å².